The number of nitrogens with zero attached hydrogens (tertiary/aromatic N) is 1. The van der Waals surface area contributed by atoms with Gasteiger partial charge in [0.05, 0.1) is 31.5 Å². The van der Waals surface area contributed by atoms with Crippen LogP contribution in [0, 0.1) is 0 Å². The van der Waals surface area contributed by atoms with Gasteiger partial charge in [0.1, 0.15) is 18.0 Å². The predicted molar refractivity (Wildman–Crippen MR) is 113 cm³/mol. The maximum atomic E-state index is 12.8. The van der Waals surface area contributed by atoms with E-state index in [1.54, 1.807) is 29.2 Å². The average molecular weight is 465 g/mol. The SMILES string of the molecule is O=C(c1ccc(C2(O)COC2)cc1)N1CCC(OCCOc2ccc(C(F)(F)F)cc2)CC1. The van der Waals surface area contributed by atoms with Crippen molar-refractivity contribution in [3.8, 4) is 5.75 Å². The molecule has 1 N–H and O–H groups in total. The molecule has 2 aromatic carbocycles. The van der Waals surface area contributed by atoms with Crippen LogP contribution < -0.4 is 4.74 Å². The molecule has 2 aliphatic heterocycles. The number of amides is 1. The largest absolute Gasteiger partial charge is 0.491 e. The third-order valence-corrected chi connectivity index (χ3v) is 5.97. The number of piperidine rings is 1. The maximum absolute atomic E-state index is 12.8. The van der Waals surface area contributed by atoms with Crippen molar-refractivity contribution in [1.82, 2.24) is 4.90 Å². The van der Waals surface area contributed by atoms with Crippen LogP contribution in [0.5, 0.6) is 5.75 Å². The van der Waals surface area contributed by atoms with Gasteiger partial charge < -0.3 is 24.2 Å². The molecular formula is C24H26F3NO5. The summed E-state index contributed by atoms with van der Waals surface area (Å²) in [5.74, 6) is 0.303. The highest BCUT2D eigenvalue weighted by Crippen LogP contribution is 2.31. The Morgan fingerprint density at radius 3 is 2.21 bits per heavy atom. The van der Waals surface area contributed by atoms with Crippen LogP contribution in [0.4, 0.5) is 13.2 Å². The van der Waals surface area contributed by atoms with Crippen molar-refractivity contribution < 1.29 is 37.3 Å². The molecule has 2 heterocycles. The van der Waals surface area contributed by atoms with Crippen molar-refractivity contribution in [1.29, 1.82) is 0 Å². The first-order valence-corrected chi connectivity index (χ1v) is 10.9. The van der Waals surface area contributed by atoms with Crippen LogP contribution in [0.15, 0.2) is 48.5 Å². The summed E-state index contributed by atoms with van der Waals surface area (Å²) in [5.41, 5.74) is -0.343. The molecule has 2 aliphatic rings. The number of carbonyl (C=O) groups is 1. The number of ether oxygens (including phenoxy) is 3. The Kier molecular flexibility index (Phi) is 6.92. The monoisotopic (exact) mass is 465 g/mol. The average Bonchev–Trinajstić information content (AvgIpc) is 2.80. The van der Waals surface area contributed by atoms with Crippen LogP contribution in [0.3, 0.4) is 0 Å². The van der Waals surface area contributed by atoms with Crippen molar-refractivity contribution in [3.63, 3.8) is 0 Å². The van der Waals surface area contributed by atoms with Gasteiger partial charge >= 0.3 is 6.18 Å². The number of likely N-dealkylation sites (tertiary alicyclic amines) is 1. The smallest absolute Gasteiger partial charge is 0.416 e. The summed E-state index contributed by atoms with van der Waals surface area (Å²) < 4.78 is 54.1. The fourth-order valence-corrected chi connectivity index (χ4v) is 3.91. The zero-order valence-corrected chi connectivity index (χ0v) is 18.0. The summed E-state index contributed by atoms with van der Waals surface area (Å²) in [6.07, 6.45) is -2.97. The number of hydrogen-bond acceptors (Lipinski definition) is 5. The second-order valence-electron chi connectivity index (χ2n) is 8.33. The van der Waals surface area contributed by atoms with Crippen molar-refractivity contribution in [3.05, 3.63) is 65.2 Å². The maximum Gasteiger partial charge on any atom is 0.416 e. The van der Waals surface area contributed by atoms with E-state index in [9.17, 15) is 23.1 Å². The lowest BCUT2D eigenvalue weighted by atomic mass is 9.91. The summed E-state index contributed by atoms with van der Waals surface area (Å²) in [5, 5.41) is 10.3. The molecule has 2 aromatic rings. The number of benzene rings is 2. The molecular weight excluding hydrogens is 439 g/mol. The quantitative estimate of drug-likeness (QED) is 0.633. The van der Waals surface area contributed by atoms with E-state index in [0.29, 0.717) is 43.9 Å². The van der Waals surface area contributed by atoms with E-state index in [-0.39, 0.29) is 31.8 Å². The number of hydrogen-bond donors (Lipinski definition) is 1. The van der Waals surface area contributed by atoms with Crippen LogP contribution >= 0.6 is 0 Å². The molecule has 178 valence electrons. The summed E-state index contributed by atoms with van der Waals surface area (Å²) in [6.45, 7) is 2.22. The van der Waals surface area contributed by atoms with Crippen LogP contribution in [0.2, 0.25) is 0 Å². The molecule has 0 saturated carbocycles. The number of rotatable bonds is 7. The van der Waals surface area contributed by atoms with E-state index >= 15 is 0 Å². The molecule has 33 heavy (non-hydrogen) atoms. The Morgan fingerprint density at radius 2 is 1.67 bits per heavy atom. The van der Waals surface area contributed by atoms with Gasteiger partial charge in [-0.2, -0.15) is 13.2 Å². The van der Waals surface area contributed by atoms with Crippen molar-refractivity contribution >= 4 is 5.91 Å². The molecule has 0 spiro atoms. The van der Waals surface area contributed by atoms with E-state index in [0.717, 1.165) is 17.7 Å². The lowest BCUT2D eigenvalue weighted by Gasteiger charge is -2.37. The third kappa shape index (κ3) is 5.66. The number of aliphatic hydroxyl groups is 1. The van der Waals surface area contributed by atoms with Gasteiger partial charge in [0.15, 0.2) is 0 Å². The van der Waals surface area contributed by atoms with Gasteiger partial charge in [-0.05, 0) is 54.8 Å². The Hall–Kier alpha value is -2.62. The van der Waals surface area contributed by atoms with Gasteiger partial charge in [0.25, 0.3) is 5.91 Å². The van der Waals surface area contributed by atoms with Gasteiger partial charge in [0, 0.05) is 18.7 Å². The number of alkyl halides is 3. The standard InChI is InChI=1S/C24H26F3NO5/c25-24(26,27)19-5-7-20(8-6-19)32-13-14-33-21-9-11-28(12-10-21)22(29)17-1-3-18(4-2-17)23(30)15-31-16-23/h1-8,21,30H,9-16H2. The van der Waals surface area contributed by atoms with Gasteiger partial charge in [-0.25, -0.2) is 0 Å². The first kappa shape index (κ1) is 23.5. The van der Waals surface area contributed by atoms with Crippen LogP contribution in [-0.4, -0.2) is 61.5 Å². The van der Waals surface area contributed by atoms with Gasteiger partial charge in [-0.1, -0.05) is 12.1 Å². The molecule has 2 saturated heterocycles. The second-order valence-corrected chi connectivity index (χ2v) is 8.33. The molecule has 6 nitrogen and oxygen atoms in total. The van der Waals surface area contributed by atoms with Crippen molar-refractivity contribution in [2.45, 2.75) is 30.7 Å². The predicted octanol–water partition coefficient (Wildman–Crippen LogP) is 3.62. The lowest BCUT2D eigenvalue weighted by Crippen LogP contribution is -2.46. The highest BCUT2D eigenvalue weighted by atomic mass is 19.4. The molecule has 0 aromatic heterocycles. The van der Waals surface area contributed by atoms with E-state index in [2.05, 4.69) is 0 Å². The fraction of sp³-hybridized carbons (Fsp3) is 0.458. The van der Waals surface area contributed by atoms with Gasteiger partial charge in [0.2, 0.25) is 0 Å². The molecule has 4 rings (SSSR count). The van der Waals surface area contributed by atoms with E-state index in [1.165, 1.54) is 12.1 Å². The van der Waals surface area contributed by atoms with Crippen molar-refractivity contribution in [2.24, 2.45) is 0 Å². The normalized spacial score (nSPS) is 18.6. The van der Waals surface area contributed by atoms with E-state index in [1.807, 2.05) is 0 Å². The molecule has 0 atom stereocenters. The topological polar surface area (TPSA) is 68.2 Å². The fourth-order valence-electron chi connectivity index (χ4n) is 3.91. The molecule has 0 bridgehead atoms. The Labute approximate surface area is 189 Å². The number of carbonyl (C=O) groups excluding carboxylic acids is 1. The summed E-state index contributed by atoms with van der Waals surface area (Å²) in [4.78, 5) is 14.5. The first-order valence-electron chi connectivity index (χ1n) is 10.9. The van der Waals surface area contributed by atoms with Crippen LogP contribution in [0.1, 0.15) is 34.3 Å². The minimum atomic E-state index is -4.37. The zero-order valence-electron chi connectivity index (χ0n) is 18.0. The molecule has 0 aliphatic carbocycles. The highest BCUT2D eigenvalue weighted by Gasteiger charge is 2.38. The van der Waals surface area contributed by atoms with E-state index < -0.39 is 17.3 Å². The third-order valence-electron chi connectivity index (χ3n) is 5.97. The zero-order chi connectivity index (χ0) is 23.5. The Balaban J connectivity index is 1.16. The first-order chi connectivity index (χ1) is 15.7. The molecule has 9 heteroatoms. The molecule has 2 fully saturated rings. The molecule has 0 radical (unpaired) electrons. The summed E-state index contributed by atoms with van der Waals surface area (Å²) in [6, 6.07) is 11.6. The van der Waals surface area contributed by atoms with Gasteiger partial charge in [-0.15, -0.1) is 0 Å². The second kappa shape index (κ2) is 9.70. The molecule has 1 amide bonds. The molecule has 0 unspecified atom stereocenters. The summed E-state index contributed by atoms with van der Waals surface area (Å²) in [7, 11) is 0. The minimum absolute atomic E-state index is 0.000458. The van der Waals surface area contributed by atoms with Gasteiger partial charge in [-0.3, -0.25) is 4.79 Å². The number of halogens is 3. The lowest BCUT2D eigenvalue weighted by molar-refractivity contribution is -0.184. The Morgan fingerprint density at radius 1 is 1.03 bits per heavy atom. The van der Waals surface area contributed by atoms with Crippen LogP contribution in [-0.2, 0) is 21.3 Å². The van der Waals surface area contributed by atoms with E-state index in [4.69, 9.17) is 14.2 Å². The Bertz CT molecular complexity index is 934. The highest BCUT2D eigenvalue weighted by molar-refractivity contribution is 5.94. The summed E-state index contributed by atoms with van der Waals surface area (Å²) >= 11 is 0. The van der Waals surface area contributed by atoms with Crippen molar-refractivity contribution in [2.75, 3.05) is 39.5 Å². The van der Waals surface area contributed by atoms with Crippen LogP contribution in [0.25, 0.3) is 0 Å². The minimum Gasteiger partial charge on any atom is -0.491 e.